The fourth-order valence-electron chi connectivity index (χ4n) is 8.65. The molecule has 0 radical (unpaired) electrons. The Labute approximate surface area is 468 Å². The molecule has 0 N–H and O–H groups in total. The van der Waals surface area contributed by atoms with Crippen molar-refractivity contribution in [1.82, 2.24) is 0 Å². The number of phosphoric acid groups is 3. The van der Waals surface area contributed by atoms with Gasteiger partial charge in [0.1, 0.15) is 12.2 Å². The molecular formula is C63H65O14P3. The van der Waals surface area contributed by atoms with Crippen LogP contribution in [-0.2, 0) is 117 Å². The van der Waals surface area contributed by atoms with E-state index in [4.69, 9.17) is 50.2 Å². The first-order valence-corrected chi connectivity index (χ1v) is 30.8. The molecule has 14 nitrogen and oxygen atoms in total. The zero-order valence-corrected chi connectivity index (χ0v) is 46.8. The molecule has 1 saturated carbocycles. The Bertz CT molecular complexity index is 3030. The van der Waals surface area contributed by atoms with E-state index in [-0.39, 0.29) is 65.7 Å². The summed E-state index contributed by atoms with van der Waals surface area (Å²) in [6.07, 6.45) is -6.92. The van der Waals surface area contributed by atoms with E-state index in [2.05, 4.69) is 0 Å². The summed E-state index contributed by atoms with van der Waals surface area (Å²) in [6.45, 7) is -0.997. The smallest absolute Gasteiger partial charge is 0.371 e. The predicted molar refractivity (Wildman–Crippen MR) is 304 cm³/mol. The minimum Gasteiger partial charge on any atom is -0.371 e. The van der Waals surface area contributed by atoms with Gasteiger partial charge in [-0.1, -0.05) is 243 Å². The van der Waals surface area contributed by atoms with Crippen molar-refractivity contribution >= 4 is 23.5 Å². The predicted octanol–water partition coefficient (Wildman–Crippen LogP) is 15.7. The quantitative estimate of drug-likeness (QED) is 0.0310. The van der Waals surface area contributed by atoms with Gasteiger partial charge in [-0.15, -0.1) is 0 Å². The zero-order valence-electron chi connectivity index (χ0n) is 44.1. The van der Waals surface area contributed by atoms with Gasteiger partial charge < -0.3 is 9.47 Å². The van der Waals surface area contributed by atoms with E-state index in [1.165, 1.54) is 0 Å². The lowest BCUT2D eigenvalue weighted by Gasteiger charge is -2.34. The van der Waals surface area contributed by atoms with E-state index in [1.54, 1.807) is 0 Å². The van der Waals surface area contributed by atoms with Crippen molar-refractivity contribution in [3.8, 4) is 0 Å². The molecule has 80 heavy (non-hydrogen) atoms. The maximum atomic E-state index is 15.8. The van der Waals surface area contributed by atoms with Crippen molar-refractivity contribution in [1.29, 1.82) is 0 Å². The molecule has 0 spiro atoms. The van der Waals surface area contributed by atoms with Crippen LogP contribution in [0.1, 0.15) is 57.3 Å². The molecule has 8 aromatic rings. The van der Waals surface area contributed by atoms with Gasteiger partial charge in [-0.05, 0) is 44.5 Å². The molecule has 0 saturated heterocycles. The maximum Gasteiger partial charge on any atom is 0.475 e. The van der Waals surface area contributed by atoms with Crippen LogP contribution in [0, 0.1) is 0 Å². The molecule has 0 aromatic heterocycles. The molecule has 17 heteroatoms. The molecular weight excluding hydrogens is 1070 g/mol. The molecule has 0 bridgehead atoms. The fourth-order valence-corrected chi connectivity index (χ4v) is 12.7. The second-order valence-electron chi connectivity index (χ2n) is 18.9. The van der Waals surface area contributed by atoms with Crippen LogP contribution in [0.4, 0.5) is 0 Å². The summed E-state index contributed by atoms with van der Waals surface area (Å²) in [5.74, 6) is 0. The minimum atomic E-state index is -4.77. The highest BCUT2D eigenvalue weighted by molar-refractivity contribution is 7.49. The van der Waals surface area contributed by atoms with Gasteiger partial charge in [-0.3, -0.25) is 40.7 Å². The number of hydrogen-bond acceptors (Lipinski definition) is 14. The van der Waals surface area contributed by atoms with Gasteiger partial charge in [0.05, 0.1) is 71.2 Å². The summed E-state index contributed by atoms with van der Waals surface area (Å²) in [4.78, 5) is 0. The third kappa shape index (κ3) is 18.8. The van der Waals surface area contributed by atoms with Crippen LogP contribution in [0.2, 0.25) is 0 Å². The Morgan fingerprint density at radius 3 is 0.738 bits per heavy atom. The molecule has 8 aromatic carbocycles. The summed E-state index contributed by atoms with van der Waals surface area (Å²) in [5, 5.41) is 0. The molecule has 1 aliphatic carbocycles. The summed E-state index contributed by atoms with van der Waals surface area (Å²) in [5.41, 5.74) is 5.74. The van der Waals surface area contributed by atoms with Crippen LogP contribution in [0.5, 0.6) is 0 Å². The van der Waals surface area contributed by atoms with Crippen molar-refractivity contribution in [2.24, 2.45) is 0 Å². The summed E-state index contributed by atoms with van der Waals surface area (Å²) >= 11 is 0. The standard InChI is InChI=1S/C63H65O14P3/c64-78(69-45-53-29-13-3-14-30-53,70-46-54-31-15-4-16-32-54)75-60-42-62(76-79(65,71-47-55-33-17-5-18-34-55)72-48-56-35-19-6-20-36-56)63(77-80(66,73-49-57-37-21-7-22-38-57)74-50-58-39-23-8-24-40-58)61(68-44-52-27-11-2-12-28-52)41-59(60)67-43-51-25-9-1-10-26-51/h1-40,59-63H,41-50H2/t59-,60-,61+,62+,63-/m1/s1. The van der Waals surface area contributed by atoms with Crippen LogP contribution >= 0.6 is 23.5 Å². The zero-order chi connectivity index (χ0) is 55.1. The molecule has 5 atom stereocenters. The lowest BCUT2D eigenvalue weighted by Crippen LogP contribution is -2.41. The third-order valence-electron chi connectivity index (χ3n) is 12.9. The molecule has 0 aliphatic heterocycles. The van der Waals surface area contributed by atoms with Gasteiger partial charge >= 0.3 is 23.5 Å². The van der Waals surface area contributed by atoms with Crippen LogP contribution < -0.4 is 0 Å². The van der Waals surface area contributed by atoms with Crippen molar-refractivity contribution in [3.63, 3.8) is 0 Å². The number of rotatable bonds is 30. The lowest BCUT2D eigenvalue weighted by molar-refractivity contribution is -0.105. The Balaban J connectivity index is 1.17. The van der Waals surface area contributed by atoms with E-state index in [0.717, 1.165) is 11.1 Å². The largest absolute Gasteiger partial charge is 0.475 e. The van der Waals surface area contributed by atoms with Crippen molar-refractivity contribution < 1.29 is 63.9 Å². The summed E-state index contributed by atoms with van der Waals surface area (Å²) in [6, 6.07) is 74.1. The number of hydrogen-bond donors (Lipinski definition) is 0. The van der Waals surface area contributed by atoms with Crippen LogP contribution in [0.25, 0.3) is 0 Å². The molecule has 9 rings (SSSR count). The van der Waals surface area contributed by atoms with Gasteiger partial charge in [0.2, 0.25) is 0 Å². The Hall–Kier alpha value is -5.99. The first-order valence-electron chi connectivity index (χ1n) is 26.4. The monoisotopic (exact) mass is 1140 g/mol. The minimum absolute atomic E-state index is 0.0145. The highest BCUT2D eigenvalue weighted by Crippen LogP contribution is 2.59. The van der Waals surface area contributed by atoms with Gasteiger partial charge in [-0.2, -0.15) is 0 Å². The number of ether oxygens (including phenoxy) is 2. The van der Waals surface area contributed by atoms with Gasteiger partial charge in [0.25, 0.3) is 0 Å². The average Bonchev–Trinajstić information content (AvgIpc) is 3.63. The Morgan fingerprint density at radius 2 is 0.463 bits per heavy atom. The van der Waals surface area contributed by atoms with Crippen molar-refractivity contribution in [2.75, 3.05) is 0 Å². The van der Waals surface area contributed by atoms with Gasteiger partial charge in [0.15, 0.2) is 0 Å². The van der Waals surface area contributed by atoms with E-state index < -0.39 is 54.0 Å². The van der Waals surface area contributed by atoms with E-state index >= 15 is 13.7 Å². The summed E-state index contributed by atoms with van der Waals surface area (Å²) < 4.78 is 119. The van der Waals surface area contributed by atoms with Crippen LogP contribution in [0.3, 0.4) is 0 Å². The SMILES string of the molecule is O=P(OCc1ccccc1)(OCc1ccccc1)O[C@@H]1[C@@H](OCc2ccccc2)C[C@@H](OCc2ccccc2)[C@H](OP(=O)(OCc2ccccc2)OCc2ccccc2)C[C@@H]1OP(=O)(OCc1ccccc1)OCc1ccccc1. The van der Waals surface area contributed by atoms with Crippen molar-refractivity contribution in [2.45, 2.75) is 96.2 Å². The molecule has 0 unspecified atom stereocenters. The molecule has 416 valence electrons. The first kappa shape index (κ1) is 58.7. The van der Waals surface area contributed by atoms with Gasteiger partial charge in [-0.25, -0.2) is 13.7 Å². The topological polar surface area (TPSA) is 153 Å². The maximum absolute atomic E-state index is 15.8. The second-order valence-corrected chi connectivity index (χ2v) is 23.8. The van der Waals surface area contributed by atoms with E-state index in [9.17, 15) is 0 Å². The third-order valence-corrected chi connectivity index (χ3v) is 17.1. The lowest BCUT2D eigenvalue weighted by atomic mass is 10.1. The molecule has 0 amide bonds. The van der Waals surface area contributed by atoms with Crippen LogP contribution in [-0.4, -0.2) is 30.5 Å². The fraction of sp³-hybridized carbons (Fsp3) is 0.238. The molecule has 1 fully saturated rings. The number of benzene rings is 8. The summed E-state index contributed by atoms with van der Waals surface area (Å²) in [7, 11) is -14.2. The first-order chi connectivity index (χ1) is 39.2. The van der Waals surface area contributed by atoms with Crippen molar-refractivity contribution in [3.05, 3.63) is 287 Å². The molecule has 1 aliphatic rings. The Morgan fingerprint density at radius 1 is 0.250 bits per heavy atom. The highest BCUT2D eigenvalue weighted by atomic mass is 31.2. The highest BCUT2D eigenvalue weighted by Gasteiger charge is 2.51. The molecule has 0 heterocycles. The van der Waals surface area contributed by atoms with Gasteiger partial charge in [0, 0.05) is 12.8 Å². The van der Waals surface area contributed by atoms with Crippen LogP contribution in [0.15, 0.2) is 243 Å². The Kier molecular flexibility index (Phi) is 22.1. The normalized spacial score (nSPS) is 17.9. The van der Waals surface area contributed by atoms with E-state index in [1.807, 2.05) is 243 Å². The van der Waals surface area contributed by atoms with E-state index in [0.29, 0.717) is 33.4 Å². The average molecular weight is 1140 g/mol. The number of phosphoric ester groups is 3. The second kappa shape index (κ2) is 30.2.